The van der Waals surface area contributed by atoms with Gasteiger partial charge in [0.1, 0.15) is 0 Å². The summed E-state index contributed by atoms with van der Waals surface area (Å²) in [7, 11) is 0. The van der Waals surface area contributed by atoms with Crippen LogP contribution in [0.5, 0.6) is 0 Å². The Labute approximate surface area is 99.0 Å². The second-order valence-electron chi connectivity index (χ2n) is 4.51. The van der Waals surface area contributed by atoms with Crippen molar-refractivity contribution < 1.29 is 0 Å². The minimum Gasteiger partial charge on any atom is -0.316 e. The Morgan fingerprint density at radius 3 is 2.69 bits per heavy atom. The number of aromatic nitrogens is 2. The highest BCUT2D eigenvalue weighted by Crippen LogP contribution is 2.06. The molecule has 0 aliphatic carbocycles. The number of H-pyrrole nitrogens is 1. The molecule has 3 nitrogen and oxygen atoms in total. The standard InChI is InChI=1S/C13H25N3/c1-4-12(5-2)9-14-8-6-7-13-10-15-16-11(13)3/h10,12,14H,4-9H2,1-3H3,(H,15,16). The number of aryl methyl sites for hydroxylation is 2. The van der Waals surface area contributed by atoms with Crippen molar-refractivity contribution in [1.29, 1.82) is 0 Å². The summed E-state index contributed by atoms with van der Waals surface area (Å²) in [5, 5.41) is 10.5. The Kier molecular flexibility index (Phi) is 6.16. The Morgan fingerprint density at radius 1 is 1.38 bits per heavy atom. The van der Waals surface area contributed by atoms with Crippen molar-refractivity contribution in [2.45, 2.75) is 46.5 Å². The van der Waals surface area contributed by atoms with E-state index in [2.05, 4.69) is 36.3 Å². The van der Waals surface area contributed by atoms with Crippen LogP contribution in [0.25, 0.3) is 0 Å². The van der Waals surface area contributed by atoms with Gasteiger partial charge in [-0.05, 0) is 44.3 Å². The largest absolute Gasteiger partial charge is 0.316 e. The lowest BCUT2D eigenvalue weighted by Crippen LogP contribution is -2.23. The molecule has 0 atom stereocenters. The number of rotatable bonds is 8. The Bertz CT molecular complexity index is 276. The highest BCUT2D eigenvalue weighted by atomic mass is 15.1. The molecular formula is C13H25N3. The first kappa shape index (κ1) is 13.2. The number of nitrogens with zero attached hydrogens (tertiary/aromatic N) is 1. The van der Waals surface area contributed by atoms with Crippen LogP contribution in [-0.2, 0) is 6.42 Å². The average Bonchev–Trinajstić information content (AvgIpc) is 2.70. The topological polar surface area (TPSA) is 40.7 Å². The molecule has 1 aromatic rings. The third-order valence-electron chi connectivity index (χ3n) is 3.32. The Morgan fingerprint density at radius 2 is 2.12 bits per heavy atom. The van der Waals surface area contributed by atoms with Gasteiger partial charge in [0, 0.05) is 5.69 Å². The highest BCUT2D eigenvalue weighted by Gasteiger charge is 2.02. The second kappa shape index (κ2) is 7.44. The van der Waals surface area contributed by atoms with Crippen LogP contribution in [0.1, 0.15) is 44.4 Å². The molecule has 0 saturated carbocycles. The summed E-state index contributed by atoms with van der Waals surface area (Å²) in [6, 6.07) is 0. The predicted octanol–water partition coefficient (Wildman–Crippen LogP) is 2.68. The molecule has 1 rings (SSSR count). The maximum atomic E-state index is 4.03. The molecule has 3 heteroatoms. The molecule has 92 valence electrons. The molecule has 0 bridgehead atoms. The zero-order chi connectivity index (χ0) is 11.8. The number of aromatic amines is 1. The van der Waals surface area contributed by atoms with Crippen LogP contribution in [-0.4, -0.2) is 23.3 Å². The van der Waals surface area contributed by atoms with E-state index in [1.54, 1.807) is 0 Å². The van der Waals surface area contributed by atoms with Crippen LogP contribution in [0.15, 0.2) is 6.20 Å². The fourth-order valence-corrected chi connectivity index (χ4v) is 1.92. The van der Waals surface area contributed by atoms with Gasteiger partial charge in [-0.15, -0.1) is 0 Å². The van der Waals surface area contributed by atoms with Crippen LogP contribution in [0.3, 0.4) is 0 Å². The van der Waals surface area contributed by atoms with E-state index in [0.717, 1.165) is 25.4 Å². The van der Waals surface area contributed by atoms with Gasteiger partial charge in [-0.2, -0.15) is 5.10 Å². The van der Waals surface area contributed by atoms with Gasteiger partial charge >= 0.3 is 0 Å². The van der Waals surface area contributed by atoms with E-state index in [1.165, 1.54) is 30.5 Å². The van der Waals surface area contributed by atoms with E-state index in [-0.39, 0.29) is 0 Å². The molecule has 0 radical (unpaired) electrons. The van der Waals surface area contributed by atoms with Crippen molar-refractivity contribution >= 4 is 0 Å². The van der Waals surface area contributed by atoms with E-state index < -0.39 is 0 Å². The van der Waals surface area contributed by atoms with E-state index in [0.29, 0.717) is 0 Å². The van der Waals surface area contributed by atoms with Crippen LogP contribution >= 0.6 is 0 Å². The van der Waals surface area contributed by atoms with Crippen molar-refractivity contribution in [2.75, 3.05) is 13.1 Å². The lowest BCUT2D eigenvalue weighted by molar-refractivity contribution is 0.448. The quantitative estimate of drug-likeness (QED) is 0.665. The predicted molar refractivity (Wildman–Crippen MR) is 68.6 cm³/mol. The Balaban J connectivity index is 2.06. The third-order valence-corrected chi connectivity index (χ3v) is 3.32. The second-order valence-corrected chi connectivity index (χ2v) is 4.51. The van der Waals surface area contributed by atoms with Gasteiger partial charge in [0.15, 0.2) is 0 Å². The summed E-state index contributed by atoms with van der Waals surface area (Å²) >= 11 is 0. The molecule has 0 fully saturated rings. The molecular weight excluding hydrogens is 198 g/mol. The zero-order valence-electron chi connectivity index (χ0n) is 10.8. The van der Waals surface area contributed by atoms with Gasteiger partial charge in [0.2, 0.25) is 0 Å². The molecule has 2 N–H and O–H groups in total. The van der Waals surface area contributed by atoms with Gasteiger partial charge in [-0.3, -0.25) is 5.10 Å². The number of hydrogen-bond donors (Lipinski definition) is 2. The molecule has 0 saturated heterocycles. The van der Waals surface area contributed by atoms with E-state index in [4.69, 9.17) is 0 Å². The fourth-order valence-electron chi connectivity index (χ4n) is 1.92. The first-order valence-corrected chi connectivity index (χ1v) is 6.47. The molecule has 0 amide bonds. The first-order valence-electron chi connectivity index (χ1n) is 6.47. The summed E-state index contributed by atoms with van der Waals surface area (Å²) in [6.45, 7) is 8.90. The molecule has 0 aliphatic rings. The molecule has 1 heterocycles. The summed E-state index contributed by atoms with van der Waals surface area (Å²) in [6.07, 6.45) is 6.82. The highest BCUT2D eigenvalue weighted by molar-refractivity contribution is 5.14. The maximum absolute atomic E-state index is 4.03. The van der Waals surface area contributed by atoms with Crippen molar-refractivity contribution in [3.63, 3.8) is 0 Å². The van der Waals surface area contributed by atoms with E-state index in [1.807, 2.05) is 6.20 Å². The first-order chi connectivity index (χ1) is 7.77. The molecule has 1 aromatic heterocycles. The molecule has 0 unspecified atom stereocenters. The van der Waals surface area contributed by atoms with Crippen LogP contribution in [0.4, 0.5) is 0 Å². The molecule has 16 heavy (non-hydrogen) atoms. The van der Waals surface area contributed by atoms with Crippen LogP contribution < -0.4 is 5.32 Å². The van der Waals surface area contributed by atoms with Crippen molar-refractivity contribution in [1.82, 2.24) is 15.5 Å². The van der Waals surface area contributed by atoms with Crippen molar-refractivity contribution in [3.8, 4) is 0 Å². The summed E-state index contributed by atoms with van der Waals surface area (Å²) < 4.78 is 0. The van der Waals surface area contributed by atoms with E-state index in [9.17, 15) is 0 Å². The summed E-state index contributed by atoms with van der Waals surface area (Å²) in [5.74, 6) is 0.843. The minimum absolute atomic E-state index is 0.843. The monoisotopic (exact) mass is 223 g/mol. The molecule has 0 aliphatic heterocycles. The van der Waals surface area contributed by atoms with Gasteiger partial charge in [0.05, 0.1) is 6.20 Å². The van der Waals surface area contributed by atoms with Gasteiger partial charge in [0.25, 0.3) is 0 Å². The van der Waals surface area contributed by atoms with Crippen molar-refractivity contribution in [3.05, 3.63) is 17.5 Å². The molecule has 0 aromatic carbocycles. The lowest BCUT2D eigenvalue weighted by Gasteiger charge is -2.12. The van der Waals surface area contributed by atoms with Crippen LogP contribution in [0, 0.1) is 12.8 Å². The van der Waals surface area contributed by atoms with Gasteiger partial charge in [-0.25, -0.2) is 0 Å². The summed E-state index contributed by atoms with van der Waals surface area (Å²) in [4.78, 5) is 0. The number of nitrogens with one attached hydrogen (secondary N) is 2. The van der Waals surface area contributed by atoms with Gasteiger partial charge in [-0.1, -0.05) is 26.7 Å². The fraction of sp³-hybridized carbons (Fsp3) is 0.769. The maximum Gasteiger partial charge on any atom is 0.0522 e. The average molecular weight is 223 g/mol. The minimum atomic E-state index is 0.843. The van der Waals surface area contributed by atoms with Crippen molar-refractivity contribution in [2.24, 2.45) is 5.92 Å². The zero-order valence-corrected chi connectivity index (χ0v) is 10.8. The normalized spacial score (nSPS) is 11.2. The summed E-state index contributed by atoms with van der Waals surface area (Å²) in [5.41, 5.74) is 2.56. The molecule has 0 spiro atoms. The SMILES string of the molecule is CCC(CC)CNCCCc1cn[nH]c1C. The Hall–Kier alpha value is -0.830. The number of hydrogen-bond acceptors (Lipinski definition) is 2. The van der Waals surface area contributed by atoms with Gasteiger partial charge < -0.3 is 5.32 Å². The van der Waals surface area contributed by atoms with E-state index >= 15 is 0 Å². The van der Waals surface area contributed by atoms with Crippen LogP contribution in [0.2, 0.25) is 0 Å². The third kappa shape index (κ3) is 4.35. The smallest absolute Gasteiger partial charge is 0.0522 e. The lowest BCUT2D eigenvalue weighted by atomic mass is 10.0.